The first-order valence-electron chi connectivity index (χ1n) is 9.80. The Kier molecular flexibility index (Phi) is 4.32. The highest BCUT2D eigenvalue weighted by atomic mass is 16.5. The molecule has 0 radical (unpaired) electrons. The number of aromatic nitrogens is 4. The quantitative estimate of drug-likeness (QED) is 0.467. The fourth-order valence-electron chi connectivity index (χ4n) is 4.06. The maximum Gasteiger partial charge on any atom is 0.203 e. The SMILES string of the molecule is Cc1noc(C)c1-c1cnc2nc(N)n(C(c3ccccc3)c3ccccc3)c2c1. The van der Waals surface area contributed by atoms with E-state index in [4.69, 9.17) is 10.3 Å². The number of hydrogen-bond acceptors (Lipinski definition) is 5. The minimum atomic E-state index is -0.126. The van der Waals surface area contributed by atoms with E-state index in [-0.39, 0.29) is 6.04 Å². The van der Waals surface area contributed by atoms with Crippen LogP contribution >= 0.6 is 0 Å². The number of imidazole rings is 1. The van der Waals surface area contributed by atoms with Crippen LogP contribution in [0, 0.1) is 13.8 Å². The van der Waals surface area contributed by atoms with Gasteiger partial charge in [0, 0.05) is 17.3 Å². The topological polar surface area (TPSA) is 82.8 Å². The van der Waals surface area contributed by atoms with Gasteiger partial charge in [0.15, 0.2) is 5.65 Å². The molecular weight excluding hydrogens is 374 g/mol. The van der Waals surface area contributed by atoms with E-state index in [0.717, 1.165) is 39.2 Å². The number of aryl methyl sites for hydroxylation is 2. The van der Waals surface area contributed by atoms with E-state index in [9.17, 15) is 0 Å². The summed E-state index contributed by atoms with van der Waals surface area (Å²) in [5.41, 5.74) is 12.9. The largest absolute Gasteiger partial charge is 0.369 e. The van der Waals surface area contributed by atoms with Crippen LogP contribution in [-0.2, 0) is 0 Å². The van der Waals surface area contributed by atoms with E-state index in [1.165, 1.54) is 0 Å². The first-order valence-corrected chi connectivity index (χ1v) is 9.80. The summed E-state index contributed by atoms with van der Waals surface area (Å²) in [6, 6.07) is 22.5. The molecule has 3 aromatic heterocycles. The number of hydrogen-bond donors (Lipinski definition) is 1. The van der Waals surface area contributed by atoms with Gasteiger partial charge in [0.05, 0.1) is 17.3 Å². The smallest absolute Gasteiger partial charge is 0.203 e. The molecule has 0 unspecified atom stereocenters. The lowest BCUT2D eigenvalue weighted by atomic mass is 9.98. The summed E-state index contributed by atoms with van der Waals surface area (Å²) in [5, 5.41) is 4.08. The molecule has 0 aliphatic rings. The van der Waals surface area contributed by atoms with Gasteiger partial charge in [-0.25, -0.2) is 4.98 Å². The molecule has 2 N–H and O–H groups in total. The second-order valence-corrected chi connectivity index (χ2v) is 7.33. The fourth-order valence-corrected chi connectivity index (χ4v) is 4.06. The average Bonchev–Trinajstić information content (AvgIpc) is 3.28. The van der Waals surface area contributed by atoms with Crippen molar-refractivity contribution in [3.8, 4) is 11.1 Å². The van der Waals surface area contributed by atoms with E-state index >= 15 is 0 Å². The number of nitrogens with zero attached hydrogens (tertiary/aromatic N) is 4. The molecule has 0 saturated carbocycles. The van der Waals surface area contributed by atoms with Crippen molar-refractivity contribution in [2.45, 2.75) is 19.9 Å². The zero-order valence-electron chi connectivity index (χ0n) is 16.8. The molecular formula is C24H21N5O. The van der Waals surface area contributed by atoms with Gasteiger partial charge in [-0.2, -0.15) is 4.98 Å². The van der Waals surface area contributed by atoms with Crippen molar-refractivity contribution in [1.29, 1.82) is 0 Å². The second-order valence-electron chi connectivity index (χ2n) is 7.33. The monoisotopic (exact) mass is 395 g/mol. The third-order valence-electron chi connectivity index (χ3n) is 5.38. The van der Waals surface area contributed by atoms with Crippen molar-refractivity contribution in [2.24, 2.45) is 0 Å². The molecule has 0 aliphatic heterocycles. The van der Waals surface area contributed by atoms with Crippen LogP contribution in [0.2, 0.25) is 0 Å². The summed E-state index contributed by atoms with van der Waals surface area (Å²) < 4.78 is 7.41. The van der Waals surface area contributed by atoms with Crippen molar-refractivity contribution in [3.05, 3.63) is 95.5 Å². The van der Waals surface area contributed by atoms with Crippen LogP contribution in [0.15, 0.2) is 77.4 Å². The number of rotatable bonds is 4. The molecule has 0 fully saturated rings. The van der Waals surface area contributed by atoms with Gasteiger partial charge in [-0.3, -0.25) is 4.57 Å². The van der Waals surface area contributed by atoms with Gasteiger partial charge in [0.25, 0.3) is 0 Å². The fraction of sp³-hybridized carbons (Fsp3) is 0.125. The number of nitrogens with two attached hydrogens (primary N) is 1. The van der Waals surface area contributed by atoms with Crippen molar-refractivity contribution in [1.82, 2.24) is 19.7 Å². The molecule has 5 aromatic rings. The summed E-state index contributed by atoms with van der Waals surface area (Å²) in [4.78, 5) is 9.13. The molecule has 0 spiro atoms. The Morgan fingerprint density at radius 2 is 1.57 bits per heavy atom. The lowest BCUT2D eigenvalue weighted by Crippen LogP contribution is -2.14. The molecule has 3 heterocycles. The zero-order valence-corrected chi connectivity index (χ0v) is 16.8. The Labute approximate surface area is 174 Å². The Morgan fingerprint density at radius 1 is 0.933 bits per heavy atom. The van der Waals surface area contributed by atoms with Crippen LogP contribution in [0.1, 0.15) is 28.6 Å². The minimum absolute atomic E-state index is 0.126. The molecule has 0 bridgehead atoms. The number of fused-ring (bicyclic) bond motifs is 1. The van der Waals surface area contributed by atoms with Gasteiger partial charge in [0.2, 0.25) is 5.95 Å². The van der Waals surface area contributed by atoms with Gasteiger partial charge >= 0.3 is 0 Å². The van der Waals surface area contributed by atoms with E-state index in [1.54, 1.807) is 6.20 Å². The zero-order chi connectivity index (χ0) is 20.7. The summed E-state index contributed by atoms with van der Waals surface area (Å²) in [6.45, 7) is 3.83. The minimum Gasteiger partial charge on any atom is -0.369 e. The van der Waals surface area contributed by atoms with Gasteiger partial charge in [-0.15, -0.1) is 0 Å². The number of anilines is 1. The maximum absolute atomic E-state index is 6.44. The third kappa shape index (κ3) is 2.93. The van der Waals surface area contributed by atoms with Crippen molar-refractivity contribution < 1.29 is 4.52 Å². The molecule has 30 heavy (non-hydrogen) atoms. The summed E-state index contributed by atoms with van der Waals surface area (Å²) in [6.07, 6.45) is 1.80. The first-order chi connectivity index (χ1) is 14.6. The van der Waals surface area contributed by atoms with Crippen LogP contribution < -0.4 is 5.73 Å². The third-order valence-corrected chi connectivity index (χ3v) is 5.38. The van der Waals surface area contributed by atoms with Crippen LogP contribution in [-0.4, -0.2) is 19.7 Å². The Bertz CT molecular complexity index is 1260. The number of pyridine rings is 1. The van der Waals surface area contributed by atoms with E-state index < -0.39 is 0 Å². The Balaban J connectivity index is 1.77. The molecule has 0 aliphatic carbocycles. The summed E-state index contributed by atoms with van der Waals surface area (Å²) in [7, 11) is 0. The predicted molar refractivity (Wildman–Crippen MR) is 117 cm³/mol. The van der Waals surface area contributed by atoms with Crippen LogP contribution in [0.25, 0.3) is 22.3 Å². The molecule has 0 saturated heterocycles. The van der Waals surface area contributed by atoms with Crippen LogP contribution in [0.5, 0.6) is 0 Å². The van der Waals surface area contributed by atoms with E-state index in [2.05, 4.69) is 50.0 Å². The van der Waals surface area contributed by atoms with Gasteiger partial charge < -0.3 is 10.3 Å². The van der Waals surface area contributed by atoms with Crippen molar-refractivity contribution >= 4 is 17.1 Å². The van der Waals surface area contributed by atoms with Crippen molar-refractivity contribution in [3.63, 3.8) is 0 Å². The molecule has 0 amide bonds. The highest BCUT2D eigenvalue weighted by Gasteiger charge is 2.23. The Morgan fingerprint density at radius 3 is 2.13 bits per heavy atom. The van der Waals surface area contributed by atoms with Gasteiger partial charge in [-0.1, -0.05) is 65.8 Å². The van der Waals surface area contributed by atoms with Crippen molar-refractivity contribution in [2.75, 3.05) is 5.73 Å². The average molecular weight is 395 g/mol. The normalized spacial score (nSPS) is 11.4. The van der Waals surface area contributed by atoms with E-state index in [0.29, 0.717) is 11.6 Å². The summed E-state index contributed by atoms with van der Waals surface area (Å²) >= 11 is 0. The molecule has 0 atom stereocenters. The molecule has 6 heteroatoms. The predicted octanol–water partition coefficient (Wildman–Crippen LogP) is 4.92. The molecule has 148 valence electrons. The standard InChI is InChI=1S/C24H21N5O/c1-15-21(16(2)30-28-15)19-13-20-23(26-14-19)27-24(25)29(20)22(17-9-5-3-6-10-17)18-11-7-4-8-12-18/h3-14,22H,1-2H3,(H2,25,26,27). The van der Waals surface area contributed by atoms with E-state index in [1.807, 2.05) is 50.2 Å². The lowest BCUT2D eigenvalue weighted by Gasteiger charge is -2.22. The van der Waals surface area contributed by atoms with Crippen LogP contribution in [0.3, 0.4) is 0 Å². The Hall–Kier alpha value is -3.93. The second kappa shape index (κ2) is 7.15. The van der Waals surface area contributed by atoms with Gasteiger partial charge in [-0.05, 0) is 31.0 Å². The highest BCUT2D eigenvalue weighted by Crippen LogP contribution is 2.35. The summed E-state index contributed by atoms with van der Waals surface area (Å²) in [5.74, 6) is 1.18. The molecule has 6 nitrogen and oxygen atoms in total. The first kappa shape index (κ1) is 18.1. The number of nitrogen functional groups attached to an aromatic ring is 1. The molecule has 2 aromatic carbocycles. The maximum atomic E-state index is 6.44. The lowest BCUT2D eigenvalue weighted by molar-refractivity contribution is 0.393. The highest BCUT2D eigenvalue weighted by molar-refractivity contribution is 5.82. The van der Waals surface area contributed by atoms with Gasteiger partial charge in [0.1, 0.15) is 5.76 Å². The molecule has 5 rings (SSSR count). The van der Waals surface area contributed by atoms with Crippen LogP contribution in [0.4, 0.5) is 5.95 Å². The number of benzene rings is 2.